The van der Waals surface area contributed by atoms with Crippen LogP contribution in [0.5, 0.6) is 0 Å². The van der Waals surface area contributed by atoms with Gasteiger partial charge in [0.25, 0.3) is 0 Å². The largest absolute Gasteiger partial charge is 0.212 e. The fraction of sp³-hybridized carbons (Fsp3) is 0.118. The van der Waals surface area contributed by atoms with E-state index in [0.29, 0.717) is 21.0 Å². The van der Waals surface area contributed by atoms with Crippen molar-refractivity contribution in [2.75, 3.05) is 0 Å². The van der Waals surface area contributed by atoms with Gasteiger partial charge in [-0.15, -0.1) is 10.2 Å². The number of aryl methyl sites for hydroxylation is 1. The summed E-state index contributed by atoms with van der Waals surface area (Å²) in [4.78, 5) is 0. The van der Waals surface area contributed by atoms with E-state index >= 15 is 0 Å². The van der Waals surface area contributed by atoms with Crippen LogP contribution in [0.2, 0.25) is 10.0 Å². The first-order valence-corrected chi connectivity index (χ1v) is 9.85. The molecule has 0 saturated carbocycles. The van der Waals surface area contributed by atoms with Crippen molar-refractivity contribution in [1.82, 2.24) is 14.9 Å². The van der Waals surface area contributed by atoms with Crippen LogP contribution in [0.15, 0.2) is 57.2 Å². The van der Waals surface area contributed by atoms with Crippen LogP contribution in [0.3, 0.4) is 0 Å². The van der Waals surface area contributed by atoms with Crippen molar-refractivity contribution < 1.29 is 0 Å². The first kappa shape index (κ1) is 18.5. The van der Waals surface area contributed by atoms with Crippen LogP contribution in [0.25, 0.3) is 0 Å². The molecule has 1 aromatic heterocycles. The van der Waals surface area contributed by atoms with Crippen LogP contribution in [-0.4, -0.2) is 21.1 Å². The molecular formula is C17H13BrCl2N4S. The van der Waals surface area contributed by atoms with Gasteiger partial charge in [0.05, 0.1) is 6.21 Å². The van der Waals surface area contributed by atoms with E-state index in [9.17, 15) is 0 Å². The van der Waals surface area contributed by atoms with Crippen molar-refractivity contribution in [3.63, 3.8) is 0 Å². The Kier molecular flexibility index (Phi) is 6.17. The standard InChI is InChI=1S/C17H13BrCl2N4S/c1-11-22-23-17(25-10-13-5-6-15(19)8-16(13)20)24(11)21-9-12-3-2-4-14(18)7-12/h2-9H,10H2,1H3/b21-9+. The highest BCUT2D eigenvalue weighted by molar-refractivity contribution is 9.10. The number of hydrogen-bond donors (Lipinski definition) is 0. The molecule has 4 nitrogen and oxygen atoms in total. The van der Waals surface area contributed by atoms with Gasteiger partial charge in [-0.1, -0.05) is 69.1 Å². The third kappa shape index (κ3) is 4.85. The lowest BCUT2D eigenvalue weighted by molar-refractivity contribution is 0.744. The number of benzene rings is 2. The zero-order valence-electron chi connectivity index (χ0n) is 13.2. The van der Waals surface area contributed by atoms with E-state index < -0.39 is 0 Å². The van der Waals surface area contributed by atoms with Gasteiger partial charge >= 0.3 is 0 Å². The quantitative estimate of drug-likeness (QED) is 0.359. The van der Waals surface area contributed by atoms with Gasteiger partial charge in [-0.05, 0) is 42.3 Å². The number of hydrogen-bond acceptors (Lipinski definition) is 4. The molecule has 128 valence electrons. The fourth-order valence-corrected chi connectivity index (χ4v) is 3.96. The van der Waals surface area contributed by atoms with Gasteiger partial charge in [0.15, 0.2) is 5.82 Å². The molecule has 0 aliphatic heterocycles. The average Bonchev–Trinajstić information content (AvgIpc) is 2.92. The maximum Gasteiger partial charge on any atom is 0.212 e. The van der Waals surface area contributed by atoms with Gasteiger partial charge in [-0.2, -0.15) is 9.78 Å². The maximum atomic E-state index is 6.22. The second-order valence-electron chi connectivity index (χ2n) is 5.17. The molecule has 0 atom stereocenters. The van der Waals surface area contributed by atoms with Crippen LogP contribution in [0, 0.1) is 6.92 Å². The van der Waals surface area contributed by atoms with Crippen molar-refractivity contribution in [3.05, 3.63) is 73.9 Å². The maximum absolute atomic E-state index is 6.22. The Labute approximate surface area is 168 Å². The van der Waals surface area contributed by atoms with Crippen LogP contribution >= 0.6 is 50.9 Å². The summed E-state index contributed by atoms with van der Waals surface area (Å²) in [7, 11) is 0. The Morgan fingerprint density at radius 2 is 2.04 bits per heavy atom. The summed E-state index contributed by atoms with van der Waals surface area (Å²) in [6.07, 6.45) is 1.78. The van der Waals surface area contributed by atoms with E-state index in [1.54, 1.807) is 17.0 Å². The molecule has 0 aliphatic rings. The molecule has 0 saturated heterocycles. The van der Waals surface area contributed by atoms with Gasteiger partial charge in [-0.25, -0.2) is 0 Å². The van der Waals surface area contributed by atoms with E-state index in [1.165, 1.54) is 11.8 Å². The first-order valence-electron chi connectivity index (χ1n) is 7.31. The molecule has 0 spiro atoms. The SMILES string of the molecule is Cc1nnc(SCc2ccc(Cl)cc2Cl)n1/N=C/c1cccc(Br)c1. The lowest BCUT2D eigenvalue weighted by Gasteiger charge is -2.05. The Balaban J connectivity index is 1.77. The minimum absolute atomic E-state index is 0.622. The predicted octanol–water partition coefficient (Wildman–Crippen LogP) is 5.83. The number of thioether (sulfide) groups is 1. The Bertz CT molecular complexity index is 927. The molecule has 25 heavy (non-hydrogen) atoms. The molecule has 0 N–H and O–H groups in total. The molecule has 0 unspecified atom stereocenters. The monoisotopic (exact) mass is 454 g/mol. The van der Waals surface area contributed by atoms with Crippen molar-refractivity contribution in [2.45, 2.75) is 17.8 Å². The van der Waals surface area contributed by atoms with E-state index in [1.807, 2.05) is 43.3 Å². The van der Waals surface area contributed by atoms with E-state index in [0.717, 1.165) is 21.4 Å². The number of aromatic nitrogens is 3. The average molecular weight is 456 g/mol. The zero-order chi connectivity index (χ0) is 17.8. The Hall–Kier alpha value is -1.34. The Morgan fingerprint density at radius 1 is 1.20 bits per heavy atom. The molecule has 0 bridgehead atoms. The van der Waals surface area contributed by atoms with Crippen LogP contribution in [-0.2, 0) is 5.75 Å². The number of rotatable bonds is 5. The van der Waals surface area contributed by atoms with Crippen LogP contribution in [0.4, 0.5) is 0 Å². The van der Waals surface area contributed by atoms with E-state index in [-0.39, 0.29) is 0 Å². The summed E-state index contributed by atoms with van der Waals surface area (Å²) in [5, 5.41) is 14.8. The molecular weight excluding hydrogens is 443 g/mol. The summed E-state index contributed by atoms with van der Waals surface area (Å²) in [6, 6.07) is 13.4. The molecule has 0 radical (unpaired) electrons. The summed E-state index contributed by atoms with van der Waals surface area (Å²) in [5.41, 5.74) is 1.97. The fourth-order valence-electron chi connectivity index (χ4n) is 2.05. The summed E-state index contributed by atoms with van der Waals surface area (Å²) in [6.45, 7) is 1.87. The Morgan fingerprint density at radius 3 is 2.80 bits per heavy atom. The molecule has 0 fully saturated rings. The lowest BCUT2D eigenvalue weighted by atomic mass is 10.2. The third-order valence-electron chi connectivity index (χ3n) is 3.31. The summed E-state index contributed by atoms with van der Waals surface area (Å²) < 4.78 is 2.72. The van der Waals surface area contributed by atoms with Crippen LogP contribution < -0.4 is 0 Å². The first-order chi connectivity index (χ1) is 12.0. The van der Waals surface area contributed by atoms with Crippen molar-refractivity contribution >= 4 is 57.1 Å². The van der Waals surface area contributed by atoms with Crippen molar-refractivity contribution in [3.8, 4) is 0 Å². The highest BCUT2D eigenvalue weighted by Gasteiger charge is 2.10. The molecule has 1 heterocycles. The number of nitrogens with zero attached hydrogens (tertiary/aromatic N) is 4. The molecule has 3 rings (SSSR count). The number of halogens is 3. The molecule has 3 aromatic rings. The zero-order valence-corrected chi connectivity index (χ0v) is 17.1. The lowest BCUT2D eigenvalue weighted by Crippen LogP contribution is -1.96. The van der Waals surface area contributed by atoms with Gasteiger partial charge in [-0.3, -0.25) is 0 Å². The second kappa shape index (κ2) is 8.36. The van der Waals surface area contributed by atoms with E-state index in [4.69, 9.17) is 23.2 Å². The topological polar surface area (TPSA) is 43.1 Å². The summed E-state index contributed by atoms with van der Waals surface area (Å²) in [5.74, 6) is 1.37. The smallest absolute Gasteiger partial charge is 0.192 e. The minimum atomic E-state index is 0.622. The van der Waals surface area contributed by atoms with Crippen LogP contribution in [0.1, 0.15) is 17.0 Å². The highest BCUT2D eigenvalue weighted by Crippen LogP contribution is 2.28. The van der Waals surface area contributed by atoms with Gasteiger partial charge in [0.1, 0.15) is 0 Å². The van der Waals surface area contributed by atoms with Crippen molar-refractivity contribution in [1.29, 1.82) is 0 Å². The van der Waals surface area contributed by atoms with E-state index in [2.05, 4.69) is 31.2 Å². The third-order valence-corrected chi connectivity index (χ3v) is 5.36. The van der Waals surface area contributed by atoms with Gasteiger partial charge in [0.2, 0.25) is 5.16 Å². The molecule has 0 amide bonds. The normalized spacial score (nSPS) is 11.4. The minimum Gasteiger partial charge on any atom is -0.192 e. The predicted molar refractivity (Wildman–Crippen MR) is 108 cm³/mol. The summed E-state index contributed by atoms with van der Waals surface area (Å²) >= 11 is 17.1. The highest BCUT2D eigenvalue weighted by atomic mass is 79.9. The molecule has 8 heteroatoms. The second-order valence-corrected chi connectivity index (χ2v) is 7.87. The van der Waals surface area contributed by atoms with Crippen molar-refractivity contribution in [2.24, 2.45) is 5.10 Å². The van der Waals surface area contributed by atoms with Gasteiger partial charge in [0, 0.05) is 20.3 Å². The molecule has 2 aromatic carbocycles. The molecule has 0 aliphatic carbocycles. The van der Waals surface area contributed by atoms with Gasteiger partial charge < -0.3 is 0 Å².